The third kappa shape index (κ3) is 6.61. The van der Waals surface area contributed by atoms with E-state index in [1.54, 1.807) is 0 Å². The summed E-state index contributed by atoms with van der Waals surface area (Å²) in [5, 5.41) is 10.6. The van der Waals surface area contributed by atoms with Crippen molar-refractivity contribution < 1.29 is 4.79 Å². The van der Waals surface area contributed by atoms with Gasteiger partial charge in [0.05, 0.1) is 0 Å². The molecule has 2 rings (SSSR count). The molecule has 2 saturated carbocycles. The van der Waals surface area contributed by atoms with Gasteiger partial charge in [0.15, 0.2) is 5.96 Å². The van der Waals surface area contributed by atoms with Gasteiger partial charge >= 0.3 is 0 Å². The number of nitrogens with zero attached hydrogens (tertiary/aromatic N) is 1. The van der Waals surface area contributed by atoms with Crippen LogP contribution in [0.2, 0.25) is 0 Å². The van der Waals surface area contributed by atoms with E-state index < -0.39 is 0 Å². The molecule has 6 heteroatoms. The van der Waals surface area contributed by atoms with Gasteiger partial charge in [0.1, 0.15) is 6.54 Å². The topological polar surface area (TPSA) is 65.5 Å². The van der Waals surface area contributed by atoms with E-state index in [-0.39, 0.29) is 12.5 Å². The van der Waals surface area contributed by atoms with Gasteiger partial charge in [0.2, 0.25) is 5.91 Å². The van der Waals surface area contributed by atoms with Crippen LogP contribution in [0.15, 0.2) is 4.99 Å². The smallest absolute Gasteiger partial charge is 0.242 e. The summed E-state index contributed by atoms with van der Waals surface area (Å²) in [6.45, 7) is 3.08. The summed E-state index contributed by atoms with van der Waals surface area (Å²) in [4.78, 5) is 16.5. The third-order valence-corrected chi connectivity index (χ3v) is 5.85. The molecule has 1 amide bonds. The van der Waals surface area contributed by atoms with Gasteiger partial charge in [-0.15, -0.1) is 0 Å². The molecular weight excluding hydrogens is 308 g/mol. The maximum atomic E-state index is 12.1. The summed E-state index contributed by atoms with van der Waals surface area (Å²) in [6, 6.07) is 0.839. The van der Waals surface area contributed by atoms with Gasteiger partial charge in [-0.2, -0.15) is 11.8 Å². The second kappa shape index (κ2) is 10.1. The van der Waals surface area contributed by atoms with Gasteiger partial charge in [-0.25, -0.2) is 4.99 Å². The predicted octanol–water partition coefficient (Wildman–Crippen LogP) is 2.27. The van der Waals surface area contributed by atoms with E-state index in [1.807, 2.05) is 11.8 Å². The first kappa shape index (κ1) is 18.4. The summed E-state index contributed by atoms with van der Waals surface area (Å²) in [5.74, 6) is 0.820. The van der Waals surface area contributed by atoms with Gasteiger partial charge in [0, 0.05) is 23.9 Å². The number of carbonyl (C=O) groups excluding carboxylic acids is 1. The monoisotopic (exact) mass is 340 g/mol. The first-order valence-electron chi connectivity index (χ1n) is 9.08. The van der Waals surface area contributed by atoms with Crippen LogP contribution in [-0.2, 0) is 4.79 Å². The second-order valence-corrected chi connectivity index (χ2v) is 7.75. The van der Waals surface area contributed by atoms with E-state index in [0.29, 0.717) is 12.1 Å². The Morgan fingerprint density at radius 1 is 1.09 bits per heavy atom. The van der Waals surface area contributed by atoms with Crippen LogP contribution in [-0.4, -0.2) is 48.5 Å². The van der Waals surface area contributed by atoms with E-state index in [0.717, 1.165) is 30.6 Å². The number of guanidine groups is 1. The minimum absolute atomic E-state index is 0.0440. The lowest BCUT2D eigenvalue weighted by atomic mass is 9.95. The van der Waals surface area contributed by atoms with Crippen LogP contribution in [0.3, 0.4) is 0 Å². The lowest BCUT2D eigenvalue weighted by molar-refractivity contribution is -0.120. The number of carbonyl (C=O) groups is 1. The Balaban J connectivity index is 1.77. The molecule has 2 fully saturated rings. The lowest BCUT2D eigenvalue weighted by Crippen LogP contribution is -2.44. The Kier molecular flexibility index (Phi) is 8.06. The number of amides is 1. The largest absolute Gasteiger partial charge is 0.357 e. The predicted molar refractivity (Wildman–Crippen MR) is 99.1 cm³/mol. The fraction of sp³-hybridized carbons (Fsp3) is 0.882. The number of hydrogen-bond donors (Lipinski definition) is 3. The number of rotatable bonds is 6. The number of nitrogens with one attached hydrogen (secondary N) is 3. The van der Waals surface area contributed by atoms with Gasteiger partial charge < -0.3 is 16.0 Å². The van der Waals surface area contributed by atoms with Crippen molar-refractivity contribution in [1.82, 2.24) is 16.0 Å². The molecule has 0 bridgehead atoms. The average molecular weight is 341 g/mol. The molecular formula is C17H32N4OS. The number of hydrogen-bond acceptors (Lipinski definition) is 3. The van der Waals surface area contributed by atoms with E-state index >= 15 is 0 Å². The Bertz CT molecular complexity index is 396. The van der Waals surface area contributed by atoms with Crippen molar-refractivity contribution in [2.24, 2.45) is 4.99 Å². The van der Waals surface area contributed by atoms with E-state index in [4.69, 9.17) is 0 Å². The standard InChI is InChI=1S/C17H32N4OS/c1-3-18-17(21-14-9-10-15(11-14)23-2)19-12-16(22)20-13-7-5-4-6-8-13/h13-15H,3-12H2,1-2H3,(H,20,22)(H2,18,19,21). The molecule has 2 atom stereocenters. The molecule has 0 radical (unpaired) electrons. The van der Waals surface area contributed by atoms with Crippen LogP contribution in [0, 0.1) is 0 Å². The van der Waals surface area contributed by atoms with Crippen molar-refractivity contribution >= 4 is 23.6 Å². The van der Waals surface area contributed by atoms with Gasteiger partial charge in [0.25, 0.3) is 0 Å². The molecule has 0 aromatic carbocycles. The van der Waals surface area contributed by atoms with Crippen LogP contribution < -0.4 is 16.0 Å². The molecule has 2 unspecified atom stereocenters. The highest BCUT2D eigenvalue weighted by molar-refractivity contribution is 7.99. The Morgan fingerprint density at radius 2 is 1.87 bits per heavy atom. The van der Waals surface area contributed by atoms with Crippen molar-refractivity contribution in [1.29, 1.82) is 0 Å². The van der Waals surface area contributed by atoms with Crippen LogP contribution in [0.5, 0.6) is 0 Å². The first-order chi connectivity index (χ1) is 11.2. The zero-order valence-corrected chi connectivity index (χ0v) is 15.4. The normalized spacial score (nSPS) is 26.1. The van der Waals surface area contributed by atoms with Crippen molar-refractivity contribution in [3.63, 3.8) is 0 Å². The van der Waals surface area contributed by atoms with E-state index in [2.05, 4.69) is 34.1 Å². The highest BCUT2D eigenvalue weighted by atomic mass is 32.2. The fourth-order valence-corrected chi connectivity index (χ4v) is 4.27. The summed E-state index contributed by atoms with van der Waals surface area (Å²) < 4.78 is 0. The molecule has 0 aromatic rings. The van der Waals surface area contributed by atoms with Crippen molar-refractivity contribution in [2.45, 2.75) is 75.6 Å². The zero-order chi connectivity index (χ0) is 16.5. The molecule has 23 heavy (non-hydrogen) atoms. The molecule has 2 aliphatic carbocycles. The van der Waals surface area contributed by atoms with E-state index in [9.17, 15) is 4.79 Å². The Hall–Kier alpha value is -0.910. The van der Waals surface area contributed by atoms with Gasteiger partial charge in [-0.3, -0.25) is 4.79 Å². The minimum atomic E-state index is 0.0440. The quantitative estimate of drug-likeness (QED) is 0.513. The lowest BCUT2D eigenvalue weighted by Gasteiger charge is -2.22. The Labute approximate surface area is 144 Å². The molecule has 0 saturated heterocycles. The van der Waals surface area contributed by atoms with Gasteiger partial charge in [-0.05, 0) is 45.3 Å². The molecule has 0 aliphatic heterocycles. The maximum Gasteiger partial charge on any atom is 0.242 e. The minimum Gasteiger partial charge on any atom is -0.357 e. The van der Waals surface area contributed by atoms with Crippen molar-refractivity contribution in [3.05, 3.63) is 0 Å². The van der Waals surface area contributed by atoms with Crippen molar-refractivity contribution in [3.8, 4) is 0 Å². The van der Waals surface area contributed by atoms with Crippen LogP contribution >= 0.6 is 11.8 Å². The third-order valence-electron chi connectivity index (χ3n) is 4.75. The second-order valence-electron chi connectivity index (χ2n) is 6.61. The zero-order valence-electron chi connectivity index (χ0n) is 14.6. The maximum absolute atomic E-state index is 12.1. The molecule has 0 spiro atoms. The first-order valence-corrected chi connectivity index (χ1v) is 10.4. The molecule has 3 N–H and O–H groups in total. The SMILES string of the molecule is CCNC(=NCC(=O)NC1CCCCC1)NC1CCC(SC)C1. The number of thioether (sulfide) groups is 1. The molecule has 2 aliphatic rings. The molecule has 5 nitrogen and oxygen atoms in total. The average Bonchev–Trinajstić information content (AvgIpc) is 3.01. The van der Waals surface area contributed by atoms with Crippen LogP contribution in [0.25, 0.3) is 0 Å². The van der Waals surface area contributed by atoms with Crippen LogP contribution in [0.1, 0.15) is 58.3 Å². The molecule has 0 heterocycles. The highest BCUT2D eigenvalue weighted by Gasteiger charge is 2.24. The summed E-state index contributed by atoms with van der Waals surface area (Å²) in [6.07, 6.45) is 11.8. The summed E-state index contributed by atoms with van der Waals surface area (Å²) in [5.41, 5.74) is 0. The summed E-state index contributed by atoms with van der Waals surface area (Å²) in [7, 11) is 0. The van der Waals surface area contributed by atoms with Crippen molar-refractivity contribution in [2.75, 3.05) is 19.3 Å². The van der Waals surface area contributed by atoms with Crippen LogP contribution in [0.4, 0.5) is 0 Å². The molecule has 132 valence electrons. The fourth-order valence-electron chi connectivity index (χ4n) is 3.47. The number of aliphatic imine (C=N–C) groups is 1. The Morgan fingerprint density at radius 3 is 2.52 bits per heavy atom. The molecule has 0 aromatic heterocycles. The highest BCUT2D eigenvalue weighted by Crippen LogP contribution is 2.28. The van der Waals surface area contributed by atoms with Gasteiger partial charge in [-0.1, -0.05) is 19.3 Å². The van der Waals surface area contributed by atoms with E-state index in [1.165, 1.54) is 38.5 Å². The summed E-state index contributed by atoms with van der Waals surface area (Å²) >= 11 is 1.95.